The summed E-state index contributed by atoms with van der Waals surface area (Å²) in [5, 5.41) is 14.1. The molecule has 132 valence electrons. The second-order valence-corrected chi connectivity index (χ2v) is 7.66. The van der Waals surface area contributed by atoms with Crippen LogP contribution in [0.25, 0.3) is 16.2 Å². The first-order valence-corrected chi connectivity index (χ1v) is 9.26. The molecular formula is C19H23N3O2S. The van der Waals surface area contributed by atoms with Gasteiger partial charge in [0.1, 0.15) is 0 Å². The number of carbonyl (C=O) groups excluding carboxylic acids is 1. The van der Waals surface area contributed by atoms with Gasteiger partial charge in [-0.3, -0.25) is 9.20 Å². The highest BCUT2D eigenvalue weighted by atomic mass is 32.1. The van der Waals surface area contributed by atoms with Gasteiger partial charge in [0.05, 0.1) is 24.3 Å². The summed E-state index contributed by atoms with van der Waals surface area (Å²) in [6, 6.07) is 8.41. The number of imidazole rings is 1. The maximum absolute atomic E-state index is 12.2. The number of aromatic nitrogens is 2. The molecule has 0 spiro atoms. The number of fused-ring (bicyclic) bond motifs is 1. The van der Waals surface area contributed by atoms with Gasteiger partial charge in [0, 0.05) is 22.8 Å². The molecule has 3 aromatic rings. The highest BCUT2D eigenvalue weighted by Crippen LogP contribution is 2.24. The van der Waals surface area contributed by atoms with Crippen LogP contribution < -0.4 is 5.32 Å². The number of aliphatic hydroxyl groups excluding tert-OH is 1. The molecule has 0 unspecified atom stereocenters. The molecule has 0 radical (unpaired) electrons. The molecule has 0 saturated heterocycles. The van der Waals surface area contributed by atoms with Crippen molar-refractivity contribution in [1.29, 1.82) is 0 Å². The van der Waals surface area contributed by atoms with Crippen molar-refractivity contribution in [1.82, 2.24) is 14.7 Å². The third-order valence-electron chi connectivity index (χ3n) is 4.16. The van der Waals surface area contributed by atoms with Crippen LogP contribution in [0.15, 0.2) is 35.8 Å². The highest BCUT2D eigenvalue weighted by Gasteiger charge is 2.20. The van der Waals surface area contributed by atoms with E-state index in [1.54, 1.807) is 13.8 Å². The smallest absolute Gasteiger partial charge is 0.226 e. The number of carbonyl (C=O) groups is 1. The molecule has 0 aliphatic heterocycles. The second-order valence-electron chi connectivity index (χ2n) is 6.82. The van der Waals surface area contributed by atoms with Gasteiger partial charge in [-0.25, -0.2) is 4.98 Å². The van der Waals surface area contributed by atoms with Gasteiger partial charge in [-0.1, -0.05) is 31.2 Å². The first-order chi connectivity index (χ1) is 11.9. The Hall–Kier alpha value is -2.18. The van der Waals surface area contributed by atoms with E-state index >= 15 is 0 Å². The van der Waals surface area contributed by atoms with Gasteiger partial charge in [-0.05, 0) is 25.8 Å². The Labute approximate surface area is 151 Å². The van der Waals surface area contributed by atoms with E-state index in [2.05, 4.69) is 41.5 Å². The maximum Gasteiger partial charge on any atom is 0.226 e. The molecule has 5 nitrogen and oxygen atoms in total. The summed E-state index contributed by atoms with van der Waals surface area (Å²) in [7, 11) is 0. The van der Waals surface area contributed by atoms with Crippen molar-refractivity contribution in [2.24, 2.45) is 0 Å². The van der Waals surface area contributed by atoms with Crippen molar-refractivity contribution in [3.05, 3.63) is 47.1 Å². The van der Waals surface area contributed by atoms with Gasteiger partial charge in [0.15, 0.2) is 4.96 Å². The Morgan fingerprint density at radius 3 is 2.68 bits per heavy atom. The summed E-state index contributed by atoms with van der Waals surface area (Å²) in [6.07, 6.45) is 3.25. The average molecular weight is 357 g/mol. The number of nitrogens with one attached hydrogen (secondary N) is 1. The topological polar surface area (TPSA) is 66.6 Å². The minimum absolute atomic E-state index is 0.0965. The summed E-state index contributed by atoms with van der Waals surface area (Å²) in [4.78, 5) is 17.8. The summed E-state index contributed by atoms with van der Waals surface area (Å²) < 4.78 is 1.97. The summed E-state index contributed by atoms with van der Waals surface area (Å²) in [5.41, 5.74) is 3.56. The predicted octanol–water partition coefficient (Wildman–Crippen LogP) is 3.05. The van der Waals surface area contributed by atoms with Crippen molar-refractivity contribution in [3.63, 3.8) is 0 Å². The SMILES string of the molecule is CCc1ccc(-c2cn3c(CC(=O)NC(C)(C)CO)csc3n2)cc1. The number of benzene rings is 1. The average Bonchev–Trinajstić information content (AvgIpc) is 3.16. The number of amides is 1. The van der Waals surface area contributed by atoms with Gasteiger partial charge >= 0.3 is 0 Å². The lowest BCUT2D eigenvalue weighted by molar-refractivity contribution is -0.122. The first-order valence-electron chi connectivity index (χ1n) is 8.38. The van der Waals surface area contributed by atoms with Gasteiger partial charge in [0.25, 0.3) is 0 Å². The van der Waals surface area contributed by atoms with Gasteiger partial charge < -0.3 is 10.4 Å². The monoisotopic (exact) mass is 357 g/mol. The molecule has 0 fully saturated rings. The molecule has 0 saturated carbocycles. The molecule has 2 heterocycles. The Bertz CT molecular complexity index is 878. The van der Waals surface area contributed by atoms with E-state index in [1.165, 1.54) is 16.9 Å². The van der Waals surface area contributed by atoms with Crippen LogP contribution in [-0.2, 0) is 17.6 Å². The van der Waals surface area contributed by atoms with Gasteiger partial charge in [-0.2, -0.15) is 0 Å². The summed E-state index contributed by atoms with van der Waals surface area (Å²) >= 11 is 1.53. The molecule has 1 aromatic carbocycles. The van der Waals surface area contributed by atoms with E-state index in [0.29, 0.717) is 0 Å². The van der Waals surface area contributed by atoms with Crippen molar-refractivity contribution in [3.8, 4) is 11.3 Å². The van der Waals surface area contributed by atoms with Crippen LogP contribution in [0, 0.1) is 0 Å². The van der Waals surface area contributed by atoms with Gasteiger partial charge in [-0.15, -0.1) is 11.3 Å². The Morgan fingerprint density at radius 1 is 1.32 bits per heavy atom. The van der Waals surface area contributed by atoms with Crippen LogP contribution in [0.2, 0.25) is 0 Å². The fraction of sp³-hybridized carbons (Fsp3) is 0.368. The largest absolute Gasteiger partial charge is 0.394 e. The number of hydrogen-bond acceptors (Lipinski definition) is 4. The highest BCUT2D eigenvalue weighted by molar-refractivity contribution is 7.15. The van der Waals surface area contributed by atoms with Crippen LogP contribution in [0.1, 0.15) is 32.0 Å². The van der Waals surface area contributed by atoms with Crippen molar-refractivity contribution < 1.29 is 9.90 Å². The van der Waals surface area contributed by atoms with E-state index < -0.39 is 5.54 Å². The fourth-order valence-corrected chi connectivity index (χ4v) is 3.51. The lowest BCUT2D eigenvalue weighted by Crippen LogP contribution is -2.46. The van der Waals surface area contributed by atoms with Crippen LogP contribution in [-0.4, -0.2) is 32.5 Å². The first kappa shape index (κ1) is 17.6. The Balaban J connectivity index is 1.81. The molecule has 0 aliphatic rings. The predicted molar refractivity (Wildman–Crippen MR) is 101 cm³/mol. The third-order valence-corrected chi connectivity index (χ3v) is 5.04. The van der Waals surface area contributed by atoms with Crippen LogP contribution >= 0.6 is 11.3 Å². The molecule has 6 heteroatoms. The number of rotatable bonds is 6. The zero-order valence-corrected chi connectivity index (χ0v) is 15.6. The molecular weight excluding hydrogens is 334 g/mol. The zero-order chi connectivity index (χ0) is 18.0. The standard InChI is InChI=1S/C19H23N3O2S/c1-4-13-5-7-14(8-6-13)16-10-22-15(11-25-18(22)20-16)9-17(24)21-19(2,3)12-23/h5-8,10-11,23H,4,9,12H2,1-3H3,(H,21,24). The van der Waals surface area contributed by atoms with E-state index in [1.807, 2.05) is 16.0 Å². The Kier molecular flexibility index (Phi) is 4.92. The fourth-order valence-electron chi connectivity index (χ4n) is 2.63. The molecule has 25 heavy (non-hydrogen) atoms. The van der Waals surface area contributed by atoms with Crippen LogP contribution in [0.5, 0.6) is 0 Å². The normalized spacial score (nSPS) is 11.8. The number of hydrogen-bond donors (Lipinski definition) is 2. The van der Waals surface area contributed by atoms with Crippen LogP contribution in [0.4, 0.5) is 0 Å². The minimum Gasteiger partial charge on any atom is -0.394 e. The second kappa shape index (κ2) is 6.98. The lowest BCUT2D eigenvalue weighted by Gasteiger charge is -2.23. The molecule has 2 aromatic heterocycles. The third kappa shape index (κ3) is 3.91. The molecule has 2 N–H and O–H groups in total. The molecule has 0 bridgehead atoms. The van der Waals surface area contributed by atoms with Crippen molar-refractivity contribution >= 4 is 22.2 Å². The van der Waals surface area contributed by atoms with Crippen molar-refractivity contribution in [2.45, 2.75) is 39.2 Å². The summed E-state index contributed by atoms with van der Waals surface area (Å²) in [6.45, 7) is 5.63. The zero-order valence-electron chi connectivity index (χ0n) is 14.7. The van der Waals surface area contributed by atoms with E-state index in [-0.39, 0.29) is 18.9 Å². The van der Waals surface area contributed by atoms with E-state index in [4.69, 9.17) is 0 Å². The maximum atomic E-state index is 12.2. The van der Waals surface area contributed by atoms with Crippen molar-refractivity contribution in [2.75, 3.05) is 6.61 Å². The summed E-state index contributed by atoms with van der Waals surface area (Å²) in [5.74, 6) is -0.110. The van der Waals surface area contributed by atoms with E-state index in [9.17, 15) is 9.90 Å². The number of thiazole rings is 1. The lowest BCUT2D eigenvalue weighted by atomic mass is 10.1. The quantitative estimate of drug-likeness (QED) is 0.712. The number of aryl methyl sites for hydroxylation is 1. The minimum atomic E-state index is -0.618. The molecule has 3 rings (SSSR count). The number of aliphatic hydroxyl groups is 1. The van der Waals surface area contributed by atoms with Crippen LogP contribution in [0.3, 0.4) is 0 Å². The molecule has 0 aliphatic carbocycles. The molecule has 1 amide bonds. The van der Waals surface area contributed by atoms with Gasteiger partial charge in [0.2, 0.25) is 5.91 Å². The number of nitrogens with zero attached hydrogens (tertiary/aromatic N) is 2. The Morgan fingerprint density at radius 2 is 2.04 bits per heavy atom. The van der Waals surface area contributed by atoms with E-state index in [0.717, 1.165) is 28.3 Å². The molecule has 0 atom stereocenters.